The highest BCUT2D eigenvalue weighted by atomic mass is 16.6. The van der Waals surface area contributed by atoms with Crippen molar-refractivity contribution in [3.8, 4) is 11.3 Å². The Kier molecular flexibility index (Phi) is 4.79. The van der Waals surface area contributed by atoms with Crippen LogP contribution in [0.4, 0.5) is 4.79 Å². The first kappa shape index (κ1) is 18.5. The van der Waals surface area contributed by atoms with Crippen molar-refractivity contribution in [2.24, 2.45) is 0 Å². The molecule has 4 rings (SSSR count). The number of fused-ring (bicyclic) bond motifs is 1. The minimum atomic E-state index is -0.466. The van der Waals surface area contributed by atoms with Gasteiger partial charge in [0.1, 0.15) is 11.4 Å². The van der Waals surface area contributed by atoms with Crippen LogP contribution in [0, 0.1) is 0 Å². The summed E-state index contributed by atoms with van der Waals surface area (Å²) in [6.07, 6.45) is 6.81. The van der Waals surface area contributed by atoms with E-state index in [1.54, 1.807) is 23.5 Å². The Balaban J connectivity index is 1.46. The zero-order valence-corrected chi connectivity index (χ0v) is 16.5. The van der Waals surface area contributed by atoms with Crippen molar-refractivity contribution in [2.75, 3.05) is 13.1 Å². The van der Waals surface area contributed by atoms with Crippen LogP contribution < -0.4 is 0 Å². The first-order valence-electron chi connectivity index (χ1n) is 9.67. The zero-order valence-electron chi connectivity index (χ0n) is 16.5. The maximum absolute atomic E-state index is 12.2. The van der Waals surface area contributed by atoms with Crippen molar-refractivity contribution in [3.05, 3.63) is 48.6 Å². The predicted octanol–water partition coefficient (Wildman–Crippen LogP) is 5.00. The van der Waals surface area contributed by atoms with Gasteiger partial charge in [-0.2, -0.15) is 0 Å². The van der Waals surface area contributed by atoms with E-state index in [9.17, 15) is 4.79 Å². The number of carbonyl (C=O) groups excluding carboxylic acids is 1. The molecule has 0 spiro atoms. The molecule has 1 aliphatic rings. The molecule has 0 saturated carbocycles. The Morgan fingerprint density at radius 3 is 2.57 bits per heavy atom. The second-order valence-corrected chi connectivity index (χ2v) is 8.23. The second-order valence-electron chi connectivity index (χ2n) is 8.23. The summed E-state index contributed by atoms with van der Waals surface area (Å²) in [5.41, 5.74) is 2.27. The first-order chi connectivity index (χ1) is 13.4. The average molecular weight is 379 g/mol. The van der Waals surface area contributed by atoms with Crippen molar-refractivity contribution in [3.63, 3.8) is 0 Å². The third kappa shape index (κ3) is 4.01. The van der Waals surface area contributed by atoms with E-state index in [0.717, 1.165) is 40.8 Å². The molecule has 0 atom stereocenters. The molecule has 0 N–H and O–H groups in total. The number of aromatic nitrogens is 2. The van der Waals surface area contributed by atoms with Crippen LogP contribution in [0.25, 0.3) is 22.2 Å². The Hall–Kier alpha value is -2.89. The van der Waals surface area contributed by atoms with Gasteiger partial charge in [-0.3, -0.25) is 9.97 Å². The fourth-order valence-electron chi connectivity index (χ4n) is 3.52. The number of nitrogens with zero attached hydrogens (tertiary/aromatic N) is 3. The molecule has 1 aliphatic heterocycles. The molecule has 28 heavy (non-hydrogen) atoms. The Morgan fingerprint density at radius 2 is 1.89 bits per heavy atom. The largest absolute Gasteiger partial charge is 0.459 e. The van der Waals surface area contributed by atoms with E-state index in [4.69, 9.17) is 9.15 Å². The van der Waals surface area contributed by atoms with Crippen molar-refractivity contribution in [1.82, 2.24) is 14.9 Å². The lowest BCUT2D eigenvalue weighted by Gasteiger charge is -2.32. The van der Waals surface area contributed by atoms with Gasteiger partial charge in [0.05, 0.1) is 11.9 Å². The summed E-state index contributed by atoms with van der Waals surface area (Å²) in [5.74, 6) is 1.27. The van der Waals surface area contributed by atoms with E-state index in [2.05, 4.69) is 16.0 Å². The number of pyridine rings is 2. The number of furan rings is 1. The van der Waals surface area contributed by atoms with Crippen LogP contribution in [0.2, 0.25) is 0 Å². The Bertz CT molecular complexity index is 968. The minimum absolute atomic E-state index is 0.234. The van der Waals surface area contributed by atoms with E-state index in [1.165, 1.54) is 0 Å². The minimum Gasteiger partial charge on any atom is -0.459 e. The fourth-order valence-corrected chi connectivity index (χ4v) is 3.52. The van der Waals surface area contributed by atoms with Gasteiger partial charge in [0.25, 0.3) is 0 Å². The first-order valence-corrected chi connectivity index (χ1v) is 9.67. The highest BCUT2D eigenvalue weighted by Gasteiger charge is 2.29. The van der Waals surface area contributed by atoms with Gasteiger partial charge in [-0.1, -0.05) is 0 Å². The van der Waals surface area contributed by atoms with Gasteiger partial charge in [-0.05, 0) is 57.9 Å². The molecular weight excluding hydrogens is 354 g/mol. The summed E-state index contributed by atoms with van der Waals surface area (Å²) in [7, 11) is 0. The highest BCUT2D eigenvalue weighted by Crippen LogP contribution is 2.33. The molecule has 6 heteroatoms. The lowest BCUT2D eigenvalue weighted by atomic mass is 9.94. The van der Waals surface area contributed by atoms with Gasteiger partial charge in [-0.25, -0.2) is 4.79 Å². The van der Waals surface area contributed by atoms with Crippen molar-refractivity contribution >= 4 is 17.1 Å². The van der Waals surface area contributed by atoms with Gasteiger partial charge in [0.15, 0.2) is 5.58 Å². The molecule has 0 unspecified atom stereocenters. The maximum Gasteiger partial charge on any atom is 0.410 e. The van der Waals surface area contributed by atoms with E-state index in [-0.39, 0.29) is 6.09 Å². The van der Waals surface area contributed by atoms with Crippen LogP contribution >= 0.6 is 0 Å². The monoisotopic (exact) mass is 379 g/mol. The van der Waals surface area contributed by atoms with E-state index < -0.39 is 5.60 Å². The number of hydrogen-bond donors (Lipinski definition) is 0. The summed E-state index contributed by atoms with van der Waals surface area (Å²) >= 11 is 0. The number of rotatable bonds is 2. The van der Waals surface area contributed by atoms with Crippen LogP contribution in [-0.2, 0) is 4.74 Å². The smallest absolute Gasteiger partial charge is 0.410 e. The average Bonchev–Trinajstić information content (AvgIpc) is 3.11. The summed E-state index contributed by atoms with van der Waals surface area (Å²) in [6, 6.07) is 8.05. The molecule has 0 radical (unpaired) electrons. The number of ether oxygens (including phenoxy) is 1. The number of hydrogen-bond acceptors (Lipinski definition) is 5. The van der Waals surface area contributed by atoms with Crippen molar-refractivity contribution in [2.45, 2.75) is 45.1 Å². The van der Waals surface area contributed by atoms with Crippen molar-refractivity contribution in [1.29, 1.82) is 0 Å². The molecule has 4 heterocycles. The lowest BCUT2D eigenvalue weighted by molar-refractivity contribution is 0.0200. The molecule has 1 amide bonds. The van der Waals surface area contributed by atoms with Crippen LogP contribution in [0.1, 0.15) is 45.3 Å². The summed E-state index contributed by atoms with van der Waals surface area (Å²) in [4.78, 5) is 22.6. The maximum atomic E-state index is 12.2. The third-order valence-corrected chi connectivity index (χ3v) is 4.95. The topological polar surface area (TPSA) is 68.5 Å². The van der Waals surface area contributed by atoms with Gasteiger partial charge >= 0.3 is 6.09 Å². The molecule has 0 aromatic carbocycles. The Labute approximate surface area is 164 Å². The van der Waals surface area contributed by atoms with E-state index >= 15 is 0 Å². The van der Waals surface area contributed by atoms with Gasteiger partial charge in [0.2, 0.25) is 0 Å². The quantitative estimate of drug-likeness (QED) is 0.626. The van der Waals surface area contributed by atoms with Crippen molar-refractivity contribution < 1.29 is 13.9 Å². The van der Waals surface area contributed by atoms with Crippen LogP contribution in [-0.4, -0.2) is 39.7 Å². The van der Waals surface area contributed by atoms with E-state index in [0.29, 0.717) is 19.0 Å². The molecule has 0 bridgehead atoms. The third-order valence-electron chi connectivity index (χ3n) is 4.95. The number of likely N-dealkylation sites (tertiary alicyclic amines) is 1. The molecule has 6 nitrogen and oxygen atoms in total. The van der Waals surface area contributed by atoms with Crippen LogP contribution in [0.15, 0.2) is 47.3 Å². The molecule has 146 valence electrons. The number of amides is 1. The van der Waals surface area contributed by atoms with E-state index in [1.807, 2.05) is 39.0 Å². The zero-order chi connectivity index (χ0) is 19.7. The van der Waals surface area contributed by atoms with Gasteiger partial charge < -0.3 is 14.1 Å². The van der Waals surface area contributed by atoms with Crippen LogP contribution in [0.5, 0.6) is 0 Å². The standard InChI is InChI=1S/C22H25N3O3/c1-22(2,3)28-21(26)25-10-6-16(7-11-25)19-13-17-12-18(24-14-20(17)27-19)15-4-8-23-9-5-15/h4-5,8-9,12-14,16H,6-7,10-11H2,1-3H3. The summed E-state index contributed by atoms with van der Waals surface area (Å²) in [5, 5.41) is 1.05. The molecule has 3 aromatic heterocycles. The molecule has 1 fully saturated rings. The predicted molar refractivity (Wildman–Crippen MR) is 107 cm³/mol. The normalized spacial score (nSPS) is 15.8. The lowest BCUT2D eigenvalue weighted by Crippen LogP contribution is -2.41. The summed E-state index contributed by atoms with van der Waals surface area (Å²) < 4.78 is 11.5. The number of piperidine rings is 1. The fraction of sp³-hybridized carbons (Fsp3) is 0.409. The second kappa shape index (κ2) is 7.26. The molecule has 0 aliphatic carbocycles. The molecular formula is C22H25N3O3. The SMILES string of the molecule is CC(C)(C)OC(=O)N1CCC(c2cc3cc(-c4ccncc4)ncc3o2)CC1. The number of carbonyl (C=O) groups is 1. The van der Waals surface area contributed by atoms with Gasteiger partial charge in [-0.15, -0.1) is 0 Å². The van der Waals surface area contributed by atoms with Gasteiger partial charge in [0, 0.05) is 42.4 Å². The highest BCUT2D eigenvalue weighted by molar-refractivity contribution is 5.81. The van der Waals surface area contributed by atoms with Crippen LogP contribution in [0.3, 0.4) is 0 Å². The molecule has 1 saturated heterocycles. The molecule has 3 aromatic rings. The Morgan fingerprint density at radius 1 is 1.18 bits per heavy atom. The summed E-state index contributed by atoms with van der Waals surface area (Å²) in [6.45, 7) is 7.02.